The average molecular weight is 255 g/mol. The zero-order valence-electron chi connectivity index (χ0n) is 7.31. The van der Waals surface area contributed by atoms with Crippen LogP contribution in [-0.4, -0.2) is 34.1 Å². The molecule has 0 aromatic rings. The number of carbonyl (C=O) groups is 3. The van der Waals surface area contributed by atoms with Crippen LogP contribution >= 0.6 is 0 Å². The van der Waals surface area contributed by atoms with Gasteiger partial charge < -0.3 is 40.3 Å². The van der Waals surface area contributed by atoms with Gasteiger partial charge in [-0.3, -0.25) is 0 Å². The van der Waals surface area contributed by atoms with Crippen LogP contribution in [0, 0.1) is 0 Å². The molecule has 0 rings (SSSR count). The molecule has 0 unspecified atom stereocenters. The number of carboxylic acids is 3. The van der Waals surface area contributed by atoms with Gasteiger partial charge in [0.25, 0.3) is 0 Å². The number of carbonyl (C=O) groups excluding carboxylic acids is 3. The molecule has 83 valence electrons. The molecule has 3 N–H and O–H groups in total. The second-order valence-corrected chi connectivity index (χ2v) is 2.42. The first-order chi connectivity index (χ1) is 5.78. The molecule has 0 heterocycles. The van der Waals surface area contributed by atoms with E-state index in [9.17, 15) is 29.7 Å². The van der Waals surface area contributed by atoms with E-state index in [0.29, 0.717) is 0 Å². The van der Waals surface area contributed by atoms with E-state index in [2.05, 4.69) is 0 Å². The Kier molecular flexibility index (Phi) is 9.60. The number of aliphatic hydroxyl groups is 1. The number of aliphatic carboxylic acids is 3. The summed E-state index contributed by atoms with van der Waals surface area (Å²) in [6.45, 7) is 0. The van der Waals surface area contributed by atoms with Crippen LogP contribution < -0.4 is 15.3 Å². The van der Waals surface area contributed by atoms with E-state index in [4.69, 9.17) is 5.11 Å². The van der Waals surface area contributed by atoms with E-state index in [1.165, 1.54) is 0 Å². The van der Waals surface area contributed by atoms with E-state index >= 15 is 0 Å². The largest absolute Gasteiger partial charge is 3.00 e. The first-order valence-corrected chi connectivity index (χ1v) is 3.11. The van der Waals surface area contributed by atoms with Crippen molar-refractivity contribution in [2.45, 2.75) is 18.4 Å². The molecule has 0 aromatic carbocycles. The summed E-state index contributed by atoms with van der Waals surface area (Å²) >= 11 is 0. The van der Waals surface area contributed by atoms with Gasteiger partial charge in [0.1, 0.15) is 5.60 Å². The Hall–Kier alpha value is -0.956. The molecule has 0 saturated carbocycles. The van der Waals surface area contributed by atoms with Crippen molar-refractivity contribution in [1.82, 2.24) is 0 Å². The third kappa shape index (κ3) is 7.03. The molecule has 15 heavy (non-hydrogen) atoms. The molecule has 0 aliphatic carbocycles. The van der Waals surface area contributed by atoms with Crippen molar-refractivity contribution in [3.8, 4) is 0 Å². The first kappa shape index (κ1) is 19.6. The molecule has 0 aliphatic heterocycles. The topological polar surface area (TPSA) is 172 Å². The molecule has 0 atom stereocenters. The minimum Gasteiger partial charge on any atom is -0.550 e. The maximum atomic E-state index is 10.1. The van der Waals surface area contributed by atoms with Gasteiger partial charge in [-0.25, -0.2) is 0 Å². The van der Waals surface area contributed by atoms with Gasteiger partial charge in [-0.05, 0) is 0 Å². The maximum absolute atomic E-state index is 10.1. The van der Waals surface area contributed by atoms with Gasteiger partial charge in [-0.1, -0.05) is 0 Å². The zero-order valence-corrected chi connectivity index (χ0v) is 8.87. The minimum absolute atomic E-state index is 0. The predicted octanol–water partition coefficient (Wildman–Crippen LogP) is -6.08. The zero-order chi connectivity index (χ0) is 10.6. The molecule has 0 aliphatic rings. The van der Waals surface area contributed by atoms with Crippen LogP contribution in [0.25, 0.3) is 0 Å². The van der Waals surface area contributed by atoms with Crippen LogP contribution in [0.3, 0.4) is 0 Å². The Labute approximate surface area is 98.7 Å². The third-order valence-corrected chi connectivity index (χ3v) is 1.25. The van der Waals surface area contributed by atoms with Gasteiger partial charge in [-0.15, -0.1) is 0 Å². The third-order valence-electron chi connectivity index (χ3n) is 1.25. The van der Waals surface area contributed by atoms with Crippen molar-refractivity contribution in [2.24, 2.45) is 0 Å². The van der Waals surface area contributed by atoms with Gasteiger partial charge in [0, 0.05) is 24.8 Å². The van der Waals surface area contributed by atoms with Gasteiger partial charge in [-0.2, -0.15) is 0 Å². The van der Waals surface area contributed by atoms with Gasteiger partial charge in [0.05, 0.1) is 5.97 Å². The molecule has 0 fully saturated rings. The molecule has 0 aromatic heterocycles. The molecular formula is C6H7O8Ti. The van der Waals surface area contributed by atoms with E-state index in [-0.39, 0.29) is 27.2 Å². The Morgan fingerprint density at radius 2 is 1.27 bits per heavy atom. The van der Waals surface area contributed by atoms with Crippen LogP contribution in [0.5, 0.6) is 0 Å². The van der Waals surface area contributed by atoms with Crippen LogP contribution in [0.4, 0.5) is 0 Å². The van der Waals surface area contributed by atoms with Crippen LogP contribution in [-0.2, 0) is 36.1 Å². The van der Waals surface area contributed by atoms with Crippen LogP contribution in [0.15, 0.2) is 0 Å². The fourth-order valence-electron chi connectivity index (χ4n) is 0.684. The van der Waals surface area contributed by atoms with E-state index in [1.54, 1.807) is 0 Å². The first-order valence-electron chi connectivity index (χ1n) is 3.11. The summed E-state index contributed by atoms with van der Waals surface area (Å²) in [5.74, 6) is -5.98. The number of hydrogen-bond donors (Lipinski definition) is 1. The fraction of sp³-hybridized carbons (Fsp3) is 0.500. The molecule has 1 radical (unpaired) electrons. The Bertz CT molecular complexity index is 234. The van der Waals surface area contributed by atoms with Crippen molar-refractivity contribution >= 4 is 17.9 Å². The van der Waals surface area contributed by atoms with Crippen molar-refractivity contribution < 1.29 is 62.0 Å². The Morgan fingerprint density at radius 1 is 1.00 bits per heavy atom. The second-order valence-electron chi connectivity index (χ2n) is 2.42. The molecule has 0 saturated heterocycles. The fourth-order valence-corrected chi connectivity index (χ4v) is 0.684. The van der Waals surface area contributed by atoms with Gasteiger partial charge in [0.2, 0.25) is 0 Å². The van der Waals surface area contributed by atoms with Crippen molar-refractivity contribution in [1.29, 1.82) is 0 Å². The standard InChI is InChI=1S/C6H8O7.H2O.Ti/c7-3(8)1-6(13,5(11)12)2-4(9)10;;/h13H,1-2H2,(H,7,8)(H,9,10)(H,11,12);1H2;/q;;+3/p-3. The summed E-state index contributed by atoms with van der Waals surface area (Å²) in [6.07, 6.45) is -2.72. The number of hydrogen-bond acceptors (Lipinski definition) is 7. The maximum Gasteiger partial charge on any atom is 3.00 e. The molecule has 9 heteroatoms. The number of carboxylic acid groups (broad SMARTS) is 3. The van der Waals surface area contributed by atoms with E-state index in [0.717, 1.165) is 0 Å². The van der Waals surface area contributed by atoms with Gasteiger partial charge >= 0.3 is 21.7 Å². The molecular weight excluding hydrogens is 248 g/mol. The van der Waals surface area contributed by atoms with Gasteiger partial charge in [0.15, 0.2) is 0 Å². The van der Waals surface area contributed by atoms with Crippen molar-refractivity contribution in [3.63, 3.8) is 0 Å². The molecule has 8 nitrogen and oxygen atoms in total. The normalized spacial score (nSPS) is 9.40. The summed E-state index contributed by atoms with van der Waals surface area (Å²) in [5.41, 5.74) is -2.97. The van der Waals surface area contributed by atoms with Crippen LogP contribution in [0.1, 0.15) is 12.8 Å². The number of rotatable bonds is 5. The molecule has 0 amide bonds. The molecule has 0 bridgehead atoms. The van der Waals surface area contributed by atoms with E-state index < -0.39 is 36.4 Å². The quantitative estimate of drug-likeness (QED) is 0.475. The summed E-state index contributed by atoms with van der Waals surface area (Å²) in [7, 11) is 0. The van der Waals surface area contributed by atoms with E-state index in [1.807, 2.05) is 0 Å². The summed E-state index contributed by atoms with van der Waals surface area (Å²) in [5, 5.41) is 38.9. The SMILES string of the molecule is O.O=C([O-])CC(O)(CC(=O)[O-])C(=O)[O-].[Ti+3]. The average Bonchev–Trinajstić information content (AvgIpc) is 1.82. The Morgan fingerprint density at radius 3 is 1.40 bits per heavy atom. The Balaban J connectivity index is -0.000000720. The monoisotopic (exact) mass is 255 g/mol. The second kappa shape index (κ2) is 7.35. The molecule has 0 spiro atoms. The smallest absolute Gasteiger partial charge is 0.550 e. The van der Waals surface area contributed by atoms with Crippen molar-refractivity contribution in [2.75, 3.05) is 0 Å². The van der Waals surface area contributed by atoms with Crippen molar-refractivity contribution in [3.05, 3.63) is 0 Å². The summed E-state index contributed by atoms with van der Waals surface area (Å²) in [4.78, 5) is 30.0. The summed E-state index contributed by atoms with van der Waals surface area (Å²) < 4.78 is 0. The minimum atomic E-state index is -2.97. The predicted molar refractivity (Wildman–Crippen MR) is 32.8 cm³/mol. The van der Waals surface area contributed by atoms with Crippen LogP contribution in [0.2, 0.25) is 0 Å². The summed E-state index contributed by atoms with van der Waals surface area (Å²) in [6, 6.07) is 0.